The average molecular weight is 285 g/mol. The van der Waals surface area contributed by atoms with Gasteiger partial charge < -0.3 is 16.3 Å². The maximum atomic E-state index is 13.2. The fourth-order valence-electron chi connectivity index (χ4n) is 1.57. The quantitative estimate of drug-likeness (QED) is 0.324. The van der Waals surface area contributed by atoms with Gasteiger partial charge in [-0.3, -0.25) is 0 Å². The molecule has 0 aliphatic carbocycles. The number of benzene rings is 1. The van der Waals surface area contributed by atoms with Gasteiger partial charge in [-0.2, -0.15) is 11.8 Å². The highest BCUT2D eigenvalue weighted by Crippen LogP contribution is 2.20. The van der Waals surface area contributed by atoms with Crippen LogP contribution in [0, 0.1) is 5.82 Å². The Morgan fingerprint density at radius 3 is 2.79 bits per heavy atom. The van der Waals surface area contributed by atoms with Gasteiger partial charge in [-0.25, -0.2) is 4.39 Å². The van der Waals surface area contributed by atoms with Crippen LogP contribution >= 0.6 is 11.8 Å². The molecule has 0 saturated carbocycles. The van der Waals surface area contributed by atoms with Crippen LogP contribution in [-0.4, -0.2) is 28.6 Å². The Hall–Kier alpha value is -1.27. The number of nitrogens with two attached hydrogens (primary N) is 1. The van der Waals surface area contributed by atoms with Crippen molar-refractivity contribution in [2.24, 2.45) is 10.9 Å². The van der Waals surface area contributed by atoms with E-state index >= 15 is 0 Å². The van der Waals surface area contributed by atoms with Crippen LogP contribution < -0.4 is 11.1 Å². The predicted octanol–water partition coefficient (Wildman–Crippen LogP) is 2.15. The van der Waals surface area contributed by atoms with Gasteiger partial charge in [-0.1, -0.05) is 11.2 Å². The highest BCUT2D eigenvalue weighted by atomic mass is 32.2. The lowest BCUT2D eigenvalue weighted by atomic mass is 10.1. The first-order valence-electron chi connectivity index (χ1n) is 5.92. The summed E-state index contributed by atoms with van der Waals surface area (Å²) in [4.78, 5) is 0. The summed E-state index contributed by atoms with van der Waals surface area (Å²) in [6, 6.07) is 4.28. The molecule has 1 rings (SSSR count). The van der Waals surface area contributed by atoms with E-state index in [2.05, 4.69) is 30.6 Å². The van der Waals surface area contributed by atoms with Crippen LogP contribution in [0.3, 0.4) is 0 Å². The van der Waals surface area contributed by atoms with Crippen molar-refractivity contribution in [1.82, 2.24) is 5.32 Å². The minimum absolute atomic E-state index is 0.0829. The van der Waals surface area contributed by atoms with E-state index in [4.69, 9.17) is 10.9 Å². The molecule has 0 aromatic heterocycles. The molecule has 0 bridgehead atoms. The van der Waals surface area contributed by atoms with E-state index in [9.17, 15) is 4.39 Å². The molecule has 19 heavy (non-hydrogen) atoms. The van der Waals surface area contributed by atoms with Gasteiger partial charge in [0.1, 0.15) is 5.82 Å². The lowest BCUT2D eigenvalue weighted by Crippen LogP contribution is -2.32. The first kappa shape index (κ1) is 15.8. The van der Waals surface area contributed by atoms with Gasteiger partial charge in [0.05, 0.1) is 0 Å². The molecule has 0 atom stereocenters. The van der Waals surface area contributed by atoms with E-state index in [1.54, 1.807) is 17.8 Å². The molecule has 0 aliphatic heterocycles. The lowest BCUT2D eigenvalue weighted by Gasteiger charge is -2.22. The van der Waals surface area contributed by atoms with E-state index in [-0.39, 0.29) is 10.6 Å². The summed E-state index contributed by atoms with van der Waals surface area (Å²) in [6.45, 7) is 5.62. The second kappa shape index (κ2) is 6.77. The zero-order valence-corrected chi connectivity index (χ0v) is 12.2. The number of nitrogens with one attached hydrogen (secondary N) is 1. The summed E-state index contributed by atoms with van der Waals surface area (Å²) in [5.41, 5.74) is 6.76. The van der Waals surface area contributed by atoms with Crippen LogP contribution in [0.4, 0.5) is 4.39 Å². The molecule has 0 amide bonds. The van der Waals surface area contributed by atoms with E-state index in [0.717, 1.165) is 12.1 Å². The number of hydrogen-bond donors (Lipinski definition) is 3. The number of halogens is 1. The maximum Gasteiger partial charge on any atom is 0.170 e. The minimum atomic E-state index is -0.408. The molecule has 0 radical (unpaired) electrons. The molecule has 0 aliphatic rings. The van der Waals surface area contributed by atoms with Crippen LogP contribution in [0.5, 0.6) is 0 Å². The molecule has 0 unspecified atom stereocenters. The maximum absolute atomic E-state index is 13.2. The van der Waals surface area contributed by atoms with Crippen molar-refractivity contribution in [3.8, 4) is 0 Å². The van der Waals surface area contributed by atoms with Gasteiger partial charge in [0, 0.05) is 23.4 Å². The van der Waals surface area contributed by atoms with Gasteiger partial charge in [0.25, 0.3) is 0 Å². The second-order valence-electron chi connectivity index (χ2n) is 4.85. The second-order valence-corrected chi connectivity index (χ2v) is 6.37. The summed E-state index contributed by atoms with van der Waals surface area (Å²) in [5.74, 6) is -0.491. The first-order valence-corrected chi connectivity index (χ1v) is 7.14. The highest BCUT2D eigenvalue weighted by Gasteiger charge is 2.15. The van der Waals surface area contributed by atoms with E-state index < -0.39 is 5.82 Å². The van der Waals surface area contributed by atoms with Crippen molar-refractivity contribution in [2.75, 3.05) is 12.8 Å². The molecular formula is C13H20FN3OS. The summed E-state index contributed by atoms with van der Waals surface area (Å²) in [5, 5.41) is 14.9. The number of hydrogen-bond acceptors (Lipinski definition) is 4. The van der Waals surface area contributed by atoms with Crippen LogP contribution in [-0.2, 0) is 6.54 Å². The highest BCUT2D eigenvalue weighted by molar-refractivity contribution is 7.99. The molecular weight excluding hydrogens is 265 g/mol. The topological polar surface area (TPSA) is 70.6 Å². The molecule has 0 spiro atoms. The van der Waals surface area contributed by atoms with Crippen LogP contribution in [0.15, 0.2) is 23.4 Å². The lowest BCUT2D eigenvalue weighted by molar-refractivity contribution is 0.318. The summed E-state index contributed by atoms with van der Waals surface area (Å²) in [7, 11) is 0. The SMILES string of the molecule is CSC(C)(C)CNCc1ccc(F)cc1/C(N)=N/O. The Kier molecular flexibility index (Phi) is 5.62. The molecule has 4 nitrogen and oxygen atoms in total. The van der Waals surface area contributed by atoms with Crippen molar-refractivity contribution in [3.63, 3.8) is 0 Å². The third-order valence-electron chi connectivity index (χ3n) is 2.87. The van der Waals surface area contributed by atoms with Gasteiger partial charge in [0.15, 0.2) is 5.84 Å². The largest absolute Gasteiger partial charge is 0.409 e. The smallest absolute Gasteiger partial charge is 0.170 e. The van der Waals surface area contributed by atoms with E-state index in [0.29, 0.717) is 12.1 Å². The van der Waals surface area contributed by atoms with Crippen LogP contribution in [0.25, 0.3) is 0 Å². The number of rotatable bonds is 6. The van der Waals surface area contributed by atoms with Gasteiger partial charge in [-0.15, -0.1) is 0 Å². The molecule has 1 aromatic carbocycles. The van der Waals surface area contributed by atoms with Crippen molar-refractivity contribution >= 4 is 17.6 Å². The Labute approximate surface area is 117 Å². The van der Waals surface area contributed by atoms with Crippen LogP contribution in [0.1, 0.15) is 25.0 Å². The monoisotopic (exact) mass is 285 g/mol. The zero-order valence-electron chi connectivity index (χ0n) is 11.4. The molecule has 0 heterocycles. The summed E-state index contributed by atoms with van der Waals surface area (Å²) < 4.78 is 13.3. The van der Waals surface area contributed by atoms with Gasteiger partial charge in [0.2, 0.25) is 0 Å². The Morgan fingerprint density at radius 1 is 1.53 bits per heavy atom. The number of oxime groups is 1. The Bertz CT molecular complexity index is 463. The zero-order chi connectivity index (χ0) is 14.5. The fourth-order valence-corrected chi connectivity index (χ4v) is 1.81. The predicted molar refractivity (Wildman–Crippen MR) is 78.2 cm³/mol. The van der Waals surface area contributed by atoms with E-state index in [1.807, 2.05) is 0 Å². The third-order valence-corrected chi connectivity index (χ3v) is 4.12. The molecule has 1 aromatic rings. The molecule has 4 N–H and O–H groups in total. The fraction of sp³-hybridized carbons (Fsp3) is 0.462. The number of thioether (sulfide) groups is 1. The van der Waals surface area contributed by atoms with Gasteiger partial charge in [-0.05, 0) is 37.8 Å². The Balaban J connectivity index is 2.79. The third kappa shape index (κ3) is 4.72. The number of amidine groups is 1. The molecule has 6 heteroatoms. The van der Waals surface area contributed by atoms with Crippen molar-refractivity contribution in [2.45, 2.75) is 25.1 Å². The molecule has 0 saturated heterocycles. The number of nitrogens with zero attached hydrogens (tertiary/aromatic N) is 1. The summed E-state index contributed by atoms with van der Waals surface area (Å²) >= 11 is 1.77. The van der Waals surface area contributed by atoms with Crippen LogP contribution in [0.2, 0.25) is 0 Å². The first-order chi connectivity index (χ1) is 8.89. The van der Waals surface area contributed by atoms with Crippen molar-refractivity contribution in [1.29, 1.82) is 0 Å². The molecule has 106 valence electrons. The normalized spacial score (nSPS) is 12.7. The minimum Gasteiger partial charge on any atom is -0.409 e. The standard InChI is InChI=1S/C13H20FN3OS/c1-13(2,19-3)8-16-7-9-4-5-10(14)6-11(9)12(15)17-18/h4-6,16,18H,7-8H2,1-3H3,(H2,15,17). The van der Waals surface area contributed by atoms with Gasteiger partial charge >= 0.3 is 0 Å². The average Bonchev–Trinajstić information content (AvgIpc) is 2.39. The van der Waals surface area contributed by atoms with Crippen molar-refractivity contribution < 1.29 is 9.60 Å². The van der Waals surface area contributed by atoms with Crippen molar-refractivity contribution in [3.05, 3.63) is 35.1 Å². The summed E-state index contributed by atoms with van der Waals surface area (Å²) in [6.07, 6.45) is 2.06. The van der Waals surface area contributed by atoms with E-state index in [1.165, 1.54) is 12.1 Å². The molecule has 0 fully saturated rings. The Morgan fingerprint density at radius 2 is 2.21 bits per heavy atom.